The van der Waals surface area contributed by atoms with Crippen molar-refractivity contribution in [1.82, 2.24) is 14.7 Å². The average Bonchev–Trinajstić information content (AvgIpc) is 2.33. The maximum absolute atomic E-state index is 12.0. The standard InChI is InChI=1S/C14H29N3O3.2ClH/c1-15(2)9-5-11-17(12-6-10-16(3)4)13(18)7-8-14(19)20;;/h5-12H2,1-4H3,(H,19,20);2*1H. The topological polar surface area (TPSA) is 64.1 Å². The molecule has 0 aliphatic carbocycles. The van der Waals surface area contributed by atoms with E-state index in [2.05, 4.69) is 9.80 Å². The van der Waals surface area contributed by atoms with Crippen molar-refractivity contribution in [2.75, 3.05) is 54.4 Å². The predicted octanol–water partition coefficient (Wildman–Crippen LogP) is 1.43. The lowest BCUT2D eigenvalue weighted by molar-refractivity contribution is -0.141. The van der Waals surface area contributed by atoms with Gasteiger partial charge in [-0.15, -0.1) is 24.8 Å². The zero-order valence-electron chi connectivity index (χ0n) is 14.1. The highest BCUT2D eigenvalue weighted by Crippen LogP contribution is 2.02. The van der Waals surface area contributed by atoms with Gasteiger partial charge in [-0.2, -0.15) is 0 Å². The molecule has 0 heterocycles. The van der Waals surface area contributed by atoms with Gasteiger partial charge in [0.05, 0.1) is 6.42 Å². The first-order valence-corrected chi connectivity index (χ1v) is 7.12. The van der Waals surface area contributed by atoms with Gasteiger partial charge in [0.2, 0.25) is 5.91 Å². The van der Waals surface area contributed by atoms with Gasteiger partial charge >= 0.3 is 5.97 Å². The van der Waals surface area contributed by atoms with Crippen LogP contribution in [0.15, 0.2) is 0 Å². The summed E-state index contributed by atoms with van der Waals surface area (Å²) in [5.74, 6) is -0.968. The Bertz CT molecular complexity index is 289. The molecule has 0 aromatic carbocycles. The first kappa shape index (κ1) is 26.3. The quantitative estimate of drug-likeness (QED) is 0.604. The van der Waals surface area contributed by atoms with Gasteiger partial charge in [-0.3, -0.25) is 9.59 Å². The molecule has 0 bridgehead atoms. The molecule has 0 unspecified atom stereocenters. The van der Waals surface area contributed by atoms with E-state index in [0.717, 1.165) is 25.9 Å². The number of carboxylic acid groups (broad SMARTS) is 1. The van der Waals surface area contributed by atoms with Crippen LogP contribution in [0.25, 0.3) is 0 Å². The van der Waals surface area contributed by atoms with Crippen LogP contribution in [-0.4, -0.2) is 86.1 Å². The van der Waals surface area contributed by atoms with Crippen molar-refractivity contribution >= 4 is 36.7 Å². The van der Waals surface area contributed by atoms with E-state index in [1.807, 2.05) is 28.2 Å². The average molecular weight is 360 g/mol. The first-order chi connectivity index (χ1) is 9.32. The van der Waals surface area contributed by atoms with Crippen LogP contribution < -0.4 is 0 Å². The lowest BCUT2D eigenvalue weighted by Crippen LogP contribution is -2.35. The third-order valence-corrected chi connectivity index (χ3v) is 2.97. The maximum atomic E-state index is 12.0. The normalized spacial score (nSPS) is 10.1. The highest BCUT2D eigenvalue weighted by Gasteiger charge is 2.14. The third-order valence-electron chi connectivity index (χ3n) is 2.97. The SMILES string of the molecule is CN(C)CCCN(CCCN(C)C)C(=O)CCC(=O)O.Cl.Cl. The molecular weight excluding hydrogens is 329 g/mol. The lowest BCUT2D eigenvalue weighted by atomic mass is 10.2. The summed E-state index contributed by atoms with van der Waals surface area (Å²) in [4.78, 5) is 28.6. The van der Waals surface area contributed by atoms with E-state index in [0.29, 0.717) is 13.1 Å². The summed E-state index contributed by atoms with van der Waals surface area (Å²) in [6.07, 6.45) is 1.83. The molecule has 0 spiro atoms. The molecule has 8 heteroatoms. The van der Waals surface area contributed by atoms with Gasteiger partial charge in [0.25, 0.3) is 0 Å². The molecule has 0 aromatic heterocycles. The van der Waals surface area contributed by atoms with Crippen molar-refractivity contribution in [3.05, 3.63) is 0 Å². The Hall–Kier alpha value is -0.560. The Morgan fingerprint density at radius 3 is 1.50 bits per heavy atom. The molecule has 0 saturated carbocycles. The van der Waals surface area contributed by atoms with Crippen LogP contribution in [0, 0.1) is 0 Å². The molecule has 0 atom stereocenters. The minimum absolute atomic E-state index is 0. The van der Waals surface area contributed by atoms with E-state index in [-0.39, 0.29) is 43.6 Å². The fourth-order valence-electron chi connectivity index (χ4n) is 1.89. The predicted molar refractivity (Wildman–Crippen MR) is 94.3 cm³/mol. The maximum Gasteiger partial charge on any atom is 0.303 e. The summed E-state index contributed by atoms with van der Waals surface area (Å²) >= 11 is 0. The van der Waals surface area contributed by atoms with Gasteiger partial charge in [0, 0.05) is 19.5 Å². The van der Waals surface area contributed by atoms with Crippen LogP contribution in [0.2, 0.25) is 0 Å². The highest BCUT2D eigenvalue weighted by atomic mass is 35.5. The second-order valence-electron chi connectivity index (χ2n) is 5.59. The summed E-state index contributed by atoms with van der Waals surface area (Å²) in [6, 6.07) is 0. The first-order valence-electron chi connectivity index (χ1n) is 7.12. The van der Waals surface area contributed by atoms with Gasteiger partial charge in [-0.1, -0.05) is 0 Å². The summed E-state index contributed by atoms with van der Waals surface area (Å²) in [5.41, 5.74) is 0. The second kappa shape index (κ2) is 15.3. The number of carbonyl (C=O) groups is 2. The number of aliphatic carboxylic acids is 1. The van der Waals surface area contributed by atoms with Crippen LogP contribution in [-0.2, 0) is 9.59 Å². The van der Waals surface area contributed by atoms with E-state index in [9.17, 15) is 9.59 Å². The van der Waals surface area contributed by atoms with Crippen molar-refractivity contribution in [3.8, 4) is 0 Å². The fourth-order valence-corrected chi connectivity index (χ4v) is 1.89. The number of carbonyl (C=O) groups excluding carboxylic acids is 1. The van der Waals surface area contributed by atoms with Gasteiger partial charge < -0.3 is 19.8 Å². The van der Waals surface area contributed by atoms with Gasteiger partial charge in [0.1, 0.15) is 0 Å². The lowest BCUT2D eigenvalue weighted by Gasteiger charge is -2.24. The fraction of sp³-hybridized carbons (Fsp3) is 0.857. The Morgan fingerprint density at radius 1 is 0.773 bits per heavy atom. The number of amides is 1. The zero-order chi connectivity index (χ0) is 15.5. The number of hydrogen-bond donors (Lipinski definition) is 1. The van der Waals surface area contributed by atoms with Crippen molar-refractivity contribution in [2.24, 2.45) is 0 Å². The molecule has 1 N–H and O–H groups in total. The zero-order valence-corrected chi connectivity index (χ0v) is 15.7. The van der Waals surface area contributed by atoms with Crippen molar-refractivity contribution in [1.29, 1.82) is 0 Å². The summed E-state index contributed by atoms with van der Waals surface area (Å²) in [5, 5.41) is 8.66. The summed E-state index contributed by atoms with van der Waals surface area (Å²) in [6.45, 7) is 3.25. The number of hydrogen-bond acceptors (Lipinski definition) is 4. The molecule has 0 fully saturated rings. The van der Waals surface area contributed by atoms with Gasteiger partial charge in [0.15, 0.2) is 0 Å². The largest absolute Gasteiger partial charge is 0.481 e. The Morgan fingerprint density at radius 2 is 1.18 bits per heavy atom. The molecular formula is C14H31Cl2N3O3. The van der Waals surface area contributed by atoms with E-state index < -0.39 is 5.97 Å². The second-order valence-corrected chi connectivity index (χ2v) is 5.59. The van der Waals surface area contributed by atoms with E-state index in [1.54, 1.807) is 4.90 Å². The summed E-state index contributed by atoms with van der Waals surface area (Å²) < 4.78 is 0. The Labute approximate surface area is 146 Å². The van der Waals surface area contributed by atoms with Crippen molar-refractivity contribution in [3.63, 3.8) is 0 Å². The van der Waals surface area contributed by atoms with E-state index in [4.69, 9.17) is 5.11 Å². The Balaban J connectivity index is -0.00000180. The molecule has 0 radical (unpaired) electrons. The van der Waals surface area contributed by atoms with Gasteiger partial charge in [-0.05, 0) is 54.1 Å². The van der Waals surface area contributed by atoms with Crippen LogP contribution >= 0.6 is 24.8 Å². The molecule has 0 rings (SSSR count). The third kappa shape index (κ3) is 15.8. The molecule has 0 aromatic rings. The monoisotopic (exact) mass is 359 g/mol. The number of halogens is 2. The molecule has 6 nitrogen and oxygen atoms in total. The molecule has 0 aliphatic rings. The molecule has 134 valence electrons. The van der Waals surface area contributed by atoms with Crippen molar-refractivity contribution in [2.45, 2.75) is 25.7 Å². The minimum atomic E-state index is -0.917. The summed E-state index contributed by atoms with van der Waals surface area (Å²) in [7, 11) is 8.01. The van der Waals surface area contributed by atoms with Crippen LogP contribution in [0.5, 0.6) is 0 Å². The van der Waals surface area contributed by atoms with E-state index in [1.165, 1.54) is 0 Å². The number of rotatable bonds is 11. The van der Waals surface area contributed by atoms with E-state index >= 15 is 0 Å². The highest BCUT2D eigenvalue weighted by molar-refractivity contribution is 5.85. The molecule has 0 saturated heterocycles. The number of carboxylic acids is 1. The minimum Gasteiger partial charge on any atom is -0.481 e. The smallest absolute Gasteiger partial charge is 0.303 e. The Kier molecular flexibility index (Phi) is 18.4. The molecule has 22 heavy (non-hydrogen) atoms. The number of nitrogens with zero attached hydrogens (tertiary/aromatic N) is 3. The van der Waals surface area contributed by atoms with Crippen LogP contribution in [0.1, 0.15) is 25.7 Å². The molecule has 1 amide bonds. The van der Waals surface area contributed by atoms with Gasteiger partial charge in [-0.25, -0.2) is 0 Å². The molecule has 0 aliphatic heterocycles. The van der Waals surface area contributed by atoms with Crippen LogP contribution in [0.3, 0.4) is 0 Å². The van der Waals surface area contributed by atoms with Crippen LogP contribution in [0.4, 0.5) is 0 Å². The van der Waals surface area contributed by atoms with Crippen molar-refractivity contribution < 1.29 is 14.7 Å².